The van der Waals surface area contributed by atoms with Gasteiger partial charge in [0.1, 0.15) is 0 Å². The second-order valence-corrected chi connectivity index (χ2v) is 3.93. The SMILES string of the molecule is COc1ncccc1C(NN)c1ccc(C)nc1. The van der Waals surface area contributed by atoms with Gasteiger partial charge in [0.05, 0.1) is 13.2 Å². The fourth-order valence-electron chi connectivity index (χ4n) is 1.81. The van der Waals surface area contributed by atoms with Crippen LogP contribution in [0.4, 0.5) is 0 Å². The van der Waals surface area contributed by atoms with Gasteiger partial charge < -0.3 is 4.74 Å². The first-order chi connectivity index (χ1) is 8.76. The fourth-order valence-corrected chi connectivity index (χ4v) is 1.81. The van der Waals surface area contributed by atoms with Crippen LogP contribution in [0, 0.1) is 6.92 Å². The van der Waals surface area contributed by atoms with E-state index in [1.807, 2.05) is 31.2 Å². The van der Waals surface area contributed by atoms with Crippen LogP contribution in [0.5, 0.6) is 5.88 Å². The summed E-state index contributed by atoms with van der Waals surface area (Å²) in [6.07, 6.45) is 3.48. The molecule has 94 valence electrons. The van der Waals surface area contributed by atoms with Crippen molar-refractivity contribution in [3.05, 3.63) is 53.5 Å². The van der Waals surface area contributed by atoms with Crippen LogP contribution in [0.15, 0.2) is 36.7 Å². The minimum Gasteiger partial charge on any atom is -0.481 e. The Hall–Kier alpha value is -1.98. The molecule has 0 saturated heterocycles. The lowest BCUT2D eigenvalue weighted by molar-refractivity contribution is 0.387. The molecule has 2 rings (SSSR count). The predicted molar refractivity (Wildman–Crippen MR) is 68.9 cm³/mol. The van der Waals surface area contributed by atoms with Gasteiger partial charge in [0.25, 0.3) is 0 Å². The van der Waals surface area contributed by atoms with E-state index in [2.05, 4.69) is 15.4 Å². The Morgan fingerprint density at radius 2 is 2.11 bits per heavy atom. The third kappa shape index (κ3) is 2.47. The van der Waals surface area contributed by atoms with Gasteiger partial charge in [0, 0.05) is 23.7 Å². The fraction of sp³-hybridized carbons (Fsp3) is 0.231. The topological polar surface area (TPSA) is 73.1 Å². The number of pyridine rings is 2. The van der Waals surface area contributed by atoms with Gasteiger partial charge in [-0.15, -0.1) is 0 Å². The molecule has 1 unspecified atom stereocenters. The first-order valence-electron chi connectivity index (χ1n) is 5.64. The summed E-state index contributed by atoms with van der Waals surface area (Å²) in [6, 6.07) is 7.52. The van der Waals surface area contributed by atoms with Gasteiger partial charge in [0.2, 0.25) is 5.88 Å². The molecule has 0 saturated carbocycles. The van der Waals surface area contributed by atoms with Crippen molar-refractivity contribution in [3.63, 3.8) is 0 Å². The number of hydrogen-bond acceptors (Lipinski definition) is 5. The summed E-state index contributed by atoms with van der Waals surface area (Å²) in [5, 5.41) is 0. The number of ether oxygens (including phenoxy) is 1. The molecule has 0 radical (unpaired) electrons. The Balaban J connectivity index is 2.41. The highest BCUT2D eigenvalue weighted by molar-refractivity contribution is 5.36. The van der Waals surface area contributed by atoms with Gasteiger partial charge in [-0.25, -0.2) is 10.4 Å². The van der Waals surface area contributed by atoms with E-state index in [4.69, 9.17) is 10.6 Å². The van der Waals surface area contributed by atoms with Gasteiger partial charge in [-0.1, -0.05) is 12.1 Å². The molecular formula is C13H16N4O. The predicted octanol–water partition coefficient (Wildman–Crippen LogP) is 1.35. The molecule has 2 aromatic rings. The maximum absolute atomic E-state index is 5.64. The number of hydrazine groups is 1. The molecule has 0 fully saturated rings. The van der Waals surface area contributed by atoms with Crippen molar-refractivity contribution in [2.75, 3.05) is 7.11 Å². The highest BCUT2D eigenvalue weighted by atomic mass is 16.5. The van der Waals surface area contributed by atoms with Gasteiger partial charge in [-0.3, -0.25) is 10.8 Å². The van der Waals surface area contributed by atoms with Crippen molar-refractivity contribution in [3.8, 4) is 5.88 Å². The Bertz CT molecular complexity index is 513. The Labute approximate surface area is 106 Å². The van der Waals surface area contributed by atoms with Crippen LogP contribution in [-0.4, -0.2) is 17.1 Å². The van der Waals surface area contributed by atoms with Crippen LogP contribution in [0.25, 0.3) is 0 Å². The molecule has 3 N–H and O–H groups in total. The largest absolute Gasteiger partial charge is 0.481 e. The lowest BCUT2D eigenvalue weighted by Crippen LogP contribution is -2.29. The van der Waals surface area contributed by atoms with Gasteiger partial charge in [-0.05, 0) is 24.6 Å². The maximum Gasteiger partial charge on any atom is 0.218 e. The third-order valence-electron chi connectivity index (χ3n) is 2.74. The van der Waals surface area contributed by atoms with Gasteiger partial charge in [0.15, 0.2) is 0 Å². The highest BCUT2D eigenvalue weighted by Crippen LogP contribution is 2.27. The highest BCUT2D eigenvalue weighted by Gasteiger charge is 2.17. The normalized spacial score (nSPS) is 12.2. The zero-order chi connectivity index (χ0) is 13.0. The summed E-state index contributed by atoms with van der Waals surface area (Å²) in [5.41, 5.74) is 5.58. The van der Waals surface area contributed by atoms with E-state index in [0.717, 1.165) is 16.8 Å². The second-order valence-electron chi connectivity index (χ2n) is 3.93. The number of aryl methyl sites for hydroxylation is 1. The third-order valence-corrected chi connectivity index (χ3v) is 2.74. The monoisotopic (exact) mass is 244 g/mol. The van der Waals surface area contributed by atoms with Crippen LogP contribution in [0.3, 0.4) is 0 Å². The average molecular weight is 244 g/mol. The number of rotatable bonds is 4. The maximum atomic E-state index is 5.64. The Morgan fingerprint density at radius 3 is 2.72 bits per heavy atom. The van der Waals surface area contributed by atoms with Crippen LogP contribution >= 0.6 is 0 Å². The van der Waals surface area contributed by atoms with Crippen LogP contribution in [0.2, 0.25) is 0 Å². The lowest BCUT2D eigenvalue weighted by atomic mass is 10.0. The molecule has 5 nitrogen and oxygen atoms in total. The molecular weight excluding hydrogens is 228 g/mol. The van der Waals surface area contributed by atoms with E-state index in [0.29, 0.717) is 5.88 Å². The quantitative estimate of drug-likeness (QED) is 0.627. The van der Waals surface area contributed by atoms with Crippen molar-refractivity contribution >= 4 is 0 Å². The summed E-state index contributed by atoms with van der Waals surface area (Å²) in [5.74, 6) is 6.19. The van der Waals surface area contributed by atoms with Crippen molar-refractivity contribution < 1.29 is 4.74 Å². The zero-order valence-corrected chi connectivity index (χ0v) is 10.4. The summed E-state index contributed by atoms with van der Waals surface area (Å²) in [7, 11) is 1.59. The van der Waals surface area contributed by atoms with Crippen LogP contribution < -0.4 is 16.0 Å². The molecule has 0 aliphatic carbocycles. The average Bonchev–Trinajstić information content (AvgIpc) is 2.42. The minimum atomic E-state index is -0.193. The van der Waals surface area contributed by atoms with Crippen LogP contribution in [-0.2, 0) is 0 Å². The summed E-state index contributed by atoms with van der Waals surface area (Å²) in [6.45, 7) is 1.94. The molecule has 1 atom stereocenters. The molecule has 0 amide bonds. The standard InChI is InChI=1S/C13H16N4O/c1-9-5-6-10(8-16-9)12(17-14)11-4-3-7-15-13(11)18-2/h3-8,12,17H,14H2,1-2H3. The summed E-state index contributed by atoms with van der Waals surface area (Å²) in [4.78, 5) is 8.44. The molecule has 0 bridgehead atoms. The molecule has 0 spiro atoms. The van der Waals surface area contributed by atoms with Crippen molar-refractivity contribution in [2.45, 2.75) is 13.0 Å². The molecule has 2 heterocycles. The van der Waals surface area contributed by atoms with Gasteiger partial charge >= 0.3 is 0 Å². The van der Waals surface area contributed by atoms with Crippen molar-refractivity contribution in [2.24, 2.45) is 5.84 Å². The molecule has 0 aliphatic rings. The number of aromatic nitrogens is 2. The van der Waals surface area contributed by atoms with E-state index >= 15 is 0 Å². The van der Waals surface area contributed by atoms with E-state index in [1.54, 1.807) is 19.5 Å². The number of nitrogens with zero attached hydrogens (tertiary/aromatic N) is 2. The van der Waals surface area contributed by atoms with Crippen molar-refractivity contribution in [1.82, 2.24) is 15.4 Å². The smallest absolute Gasteiger partial charge is 0.218 e. The van der Waals surface area contributed by atoms with Crippen LogP contribution in [0.1, 0.15) is 22.9 Å². The van der Waals surface area contributed by atoms with Crippen molar-refractivity contribution in [1.29, 1.82) is 0 Å². The first kappa shape index (κ1) is 12.5. The number of nitrogens with one attached hydrogen (secondary N) is 1. The van der Waals surface area contributed by atoms with Gasteiger partial charge in [-0.2, -0.15) is 0 Å². The second kappa shape index (κ2) is 5.57. The minimum absolute atomic E-state index is 0.193. The molecule has 2 aromatic heterocycles. The number of hydrogen-bond donors (Lipinski definition) is 2. The van der Waals surface area contributed by atoms with E-state index < -0.39 is 0 Å². The molecule has 0 aromatic carbocycles. The number of methoxy groups -OCH3 is 1. The lowest BCUT2D eigenvalue weighted by Gasteiger charge is -2.18. The number of nitrogens with two attached hydrogens (primary N) is 1. The first-order valence-corrected chi connectivity index (χ1v) is 5.64. The molecule has 5 heteroatoms. The van der Waals surface area contributed by atoms with E-state index in [1.165, 1.54) is 0 Å². The Morgan fingerprint density at radius 1 is 1.28 bits per heavy atom. The zero-order valence-electron chi connectivity index (χ0n) is 10.4. The summed E-state index contributed by atoms with van der Waals surface area (Å²) < 4.78 is 5.25. The van der Waals surface area contributed by atoms with E-state index in [9.17, 15) is 0 Å². The Kier molecular flexibility index (Phi) is 3.86. The molecule has 18 heavy (non-hydrogen) atoms. The summed E-state index contributed by atoms with van der Waals surface area (Å²) >= 11 is 0. The molecule has 0 aliphatic heterocycles. The van der Waals surface area contributed by atoms with E-state index in [-0.39, 0.29) is 6.04 Å².